The minimum Gasteiger partial charge on any atom is -0.507 e. The lowest BCUT2D eigenvalue weighted by Crippen LogP contribution is -2.34. The molecule has 1 N–H and O–H groups in total. The highest BCUT2D eigenvalue weighted by atomic mass is 79.9. The molecular formula is C28H34BrFN2O3. The Kier molecular flexibility index (Phi) is 10.0. The quantitative estimate of drug-likeness (QED) is 0.193. The van der Waals surface area contributed by atoms with Crippen LogP contribution in [0, 0.1) is 5.82 Å². The van der Waals surface area contributed by atoms with Gasteiger partial charge in [0.2, 0.25) is 0 Å². The third kappa shape index (κ3) is 6.79. The number of nitrogens with zero attached hydrogens (tertiary/aromatic N) is 2. The molecule has 2 aromatic rings. The highest BCUT2D eigenvalue weighted by Crippen LogP contribution is 2.39. The van der Waals surface area contributed by atoms with Crippen molar-refractivity contribution in [2.45, 2.75) is 52.0 Å². The topological polar surface area (TPSA) is 60.9 Å². The summed E-state index contributed by atoms with van der Waals surface area (Å²) in [4.78, 5) is 30.1. The van der Waals surface area contributed by atoms with E-state index in [4.69, 9.17) is 0 Å². The van der Waals surface area contributed by atoms with Gasteiger partial charge >= 0.3 is 0 Å². The minimum atomic E-state index is -0.839. The minimum absolute atomic E-state index is 0.00301. The normalized spacial score (nSPS) is 17.5. The number of aliphatic hydroxyl groups is 1. The lowest BCUT2D eigenvalue weighted by molar-refractivity contribution is -0.140. The van der Waals surface area contributed by atoms with Crippen LogP contribution in [0.1, 0.15) is 63.1 Å². The number of halogens is 2. The van der Waals surface area contributed by atoms with E-state index < -0.39 is 23.5 Å². The van der Waals surface area contributed by atoms with Crippen molar-refractivity contribution < 1.29 is 19.1 Å². The Bertz CT molecular complexity index is 1050. The molecule has 1 aliphatic heterocycles. The van der Waals surface area contributed by atoms with Gasteiger partial charge in [-0.15, -0.1) is 0 Å². The number of Topliss-reactive ketones (excluding diaryl/α,β-unsaturated/α-hetero) is 1. The molecule has 0 spiro atoms. The van der Waals surface area contributed by atoms with Crippen molar-refractivity contribution in [2.24, 2.45) is 0 Å². The third-order valence-corrected chi connectivity index (χ3v) is 6.88. The molecule has 1 fully saturated rings. The number of amides is 1. The monoisotopic (exact) mass is 544 g/mol. The molecule has 1 saturated heterocycles. The molecule has 188 valence electrons. The molecule has 0 aliphatic carbocycles. The predicted octanol–water partition coefficient (Wildman–Crippen LogP) is 6.30. The first-order valence-corrected chi connectivity index (χ1v) is 13.2. The van der Waals surface area contributed by atoms with Gasteiger partial charge in [-0.3, -0.25) is 9.59 Å². The average molecular weight is 545 g/mol. The third-order valence-electron chi connectivity index (χ3n) is 6.35. The van der Waals surface area contributed by atoms with Crippen LogP contribution < -0.4 is 0 Å². The SMILES string of the molecule is CCCCN(CCCC)CCCN1C(=O)C(=O)C(=C(O)c2ccc(Br)cc2)[C@@H]1c1cccc(F)c1. The number of carbonyl (C=O) groups excluding carboxylic acids is 2. The van der Waals surface area contributed by atoms with Gasteiger partial charge in [-0.1, -0.05) is 66.9 Å². The summed E-state index contributed by atoms with van der Waals surface area (Å²) in [7, 11) is 0. The van der Waals surface area contributed by atoms with Crippen molar-refractivity contribution in [1.82, 2.24) is 9.80 Å². The molecule has 0 aromatic heterocycles. The Morgan fingerprint density at radius 2 is 1.63 bits per heavy atom. The van der Waals surface area contributed by atoms with Gasteiger partial charge in [0.25, 0.3) is 11.7 Å². The molecule has 0 unspecified atom stereocenters. The molecular weight excluding hydrogens is 511 g/mol. The van der Waals surface area contributed by atoms with Gasteiger partial charge in [0, 0.05) is 16.6 Å². The van der Waals surface area contributed by atoms with Crippen molar-refractivity contribution >= 4 is 33.4 Å². The summed E-state index contributed by atoms with van der Waals surface area (Å²) in [5, 5.41) is 11.1. The van der Waals surface area contributed by atoms with Crippen molar-refractivity contribution in [3.8, 4) is 0 Å². The van der Waals surface area contributed by atoms with E-state index in [1.165, 1.54) is 17.0 Å². The van der Waals surface area contributed by atoms with Gasteiger partial charge in [-0.05, 0) is 68.7 Å². The fourth-order valence-electron chi connectivity index (χ4n) is 4.46. The zero-order chi connectivity index (χ0) is 25.4. The first-order chi connectivity index (χ1) is 16.9. The summed E-state index contributed by atoms with van der Waals surface area (Å²) in [6.07, 6.45) is 5.15. The number of rotatable bonds is 12. The second-order valence-electron chi connectivity index (χ2n) is 8.96. The van der Waals surface area contributed by atoms with Crippen molar-refractivity contribution in [3.05, 3.63) is 75.5 Å². The van der Waals surface area contributed by atoms with Crippen LogP contribution in [0.15, 0.2) is 58.6 Å². The van der Waals surface area contributed by atoms with Gasteiger partial charge in [0.1, 0.15) is 11.6 Å². The number of unbranched alkanes of at least 4 members (excludes halogenated alkanes) is 2. The van der Waals surface area contributed by atoms with E-state index in [1.807, 2.05) is 0 Å². The first-order valence-electron chi connectivity index (χ1n) is 12.4. The van der Waals surface area contributed by atoms with E-state index in [1.54, 1.807) is 36.4 Å². The molecule has 0 bridgehead atoms. The lowest BCUT2D eigenvalue weighted by atomic mass is 9.95. The molecule has 1 amide bonds. The van der Waals surface area contributed by atoms with Crippen LogP contribution in [0.4, 0.5) is 4.39 Å². The van der Waals surface area contributed by atoms with E-state index in [9.17, 15) is 19.1 Å². The summed E-state index contributed by atoms with van der Waals surface area (Å²) < 4.78 is 15.0. The number of hydrogen-bond acceptors (Lipinski definition) is 4. The van der Waals surface area contributed by atoms with Crippen LogP contribution in [0.5, 0.6) is 0 Å². The largest absolute Gasteiger partial charge is 0.507 e. The molecule has 35 heavy (non-hydrogen) atoms. The second kappa shape index (κ2) is 13.0. The smallest absolute Gasteiger partial charge is 0.295 e. The van der Waals surface area contributed by atoms with E-state index in [0.717, 1.165) is 49.8 Å². The van der Waals surface area contributed by atoms with Gasteiger partial charge in [-0.2, -0.15) is 0 Å². The van der Waals surface area contributed by atoms with Crippen LogP contribution in [0.25, 0.3) is 5.76 Å². The maximum Gasteiger partial charge on any atom is 0.295 e. The van der Waals surface area contributed by atoms with Crippen LogP contribution in [0.2, 0.25) is 0 Å². The van der Waals surface area contributed by atoms with Gasteiger partial charge in [-0.25, -0.2) is 4.39 Å². The van der Waals surface area contributed by atoms with E-state index in [-0.39, 0.29) is 11.3 Å². The van der Waals surface area contributed by atoms with Crippen molar-refractivity contribution in [1.29, 1.82) is 0 Å². The molecule has 0 radical (unpaired) electrons. The van der Waals surface area contributed by atoms with Gasteiger partial charge < -0.3 is 14.9 Å². The highest BCUT2D eigenvalue weighted by Gasteiger charge is 2.45. The van der Waals surface area contributed by atoms with Gasteiger partial charge in [0.15, 0.2) is 0 Å². The Hall–Kier alpha value is -2.51. The standard InChI is InChI=1S/C28H34BrFN2O3/c1-3-5-15-31(16-6-4-2)17-8-18-32-25(21-9-7-10-23(30)19-21)24(27(34)28(32)35)26(33)20-11-13-22(29)14-12-20/h7,9-14,19,25,33H,3-6,8,15-18H2,1-2H3/t25-/m0/s1. The van der Waals surface area contributed by atoms with Crippen LogP contribution >= 0.6 is 15.9 Å². The average Bonchev–Trinajstić information content (AvgIpc) is 3.10. The maximum absolute atomic E-state index is 14.2. The summed E-state index contributed by atoms with van der Waals surface area (Å²) in [5.74, 6) is -2.11. The number of carbonyl (C=O) groups is 2. The first kappa shape index (κ1) is 27.1. The summed E-state index contributed by atoms with van der Waals surface area (Å²) in [6, 6.07) is 11.9. The fourth-order valence-corrected chi connectivity index (χ4v) is 4.72. The molecule has 0 saturated carbocycles. The summed E-state index contributed by atoms with van der Waals surface area (Å²) in [6.45, 7) is 7.51. The number of aliphatic hydroxyl groups excluding tert-OH is 1. The number of likely N-dealkylation sites (tertiary alicyclic amines) is 1. The Morgan fingerprint density at radius 1 is 1.00 bits per heavy atom. The van der Waals surface area contributed by atoms with E-state index in [2.05, 4.69) is 34.7 Å². The van der Waals surface area contributed by atoms with Crippen LogP contribution in [0.3, 0.4) is 0 Å². The molecule has 1 atom stereocenters. The maximum atomic E-state index is 14.2. The van der Waals surface area contributed by atoms with Crippen LogP contribution in [-0.2, 0) is 9.59 Å². The number of benzene rings is 2. The molecule has 1 heterocycles. The lowest BCUT2D eigenvalue weighted by Gasteiger charge is -2.27. The number of ketones is 1. The van der Waals surface area contributed by atoms with Crippen molar-refractivity contribution in [2.75, 3.05) is 26.2 Å². The molecule has 5 nitrogen and oxygen atoms in total. The van der Waals surface area contributed by atoms with E-state index in [0.29, 0.717) is 24.1 Å². The Balaban J connectivity index is 1.91. The second-order valence-corrected chi connectivity index (χ2v) is 9.87. The molecule has 2 aromatic carbocycles. The van der Waals surface area contributed by atoms with Gasteiger partial charge in [0.05, 0.1) is 11.6 Å². The van der Waals surface area contributed by atoms with Crippen LogP contribution in [-0.4, -0.2) is 52.8 Å². The summed E-state index contributed by atoms with van der Waals surface area (Å²) >= 11 is 3.36. The Labute approximate surface area is 215 Å². The number of hydrogen-bond donors (Lipinski definition) is 1. The predicted molar refractivity (Wildman–Crippen MR) is 140 cm³/mol. The zero-order valence-corrected chi connectivity index (χ0v) is 22.1. The zero-order valence-electron chi connectivity index (χ0n) is 20.5. The summed E-state index contributed by atoms with van der Waals surface area (Å²) in [5.41, 5.74) is 0.895. The molecule has 7 heteroatoms. The molecule has 1 aliphatic rings. The Morgan fingerprint density at radius 3 is 2.23 bits per heavy atom. The molecule has 3 rings (SSSR count). The van der Waals surface area contributed by atoms with Crippen molar-refractivity contribution in [3.63, 3.8) is 0 Å². The fraction of sp³-hybridized carbons (Fsp3) is 0.429. The highest BCUT2D eigenvalue weighted by molar-refractivity contribution is 9.10. The van der Waals surface area contributed by atoms with E-state index >= 15 is 0 Å².